The molecule has 18 heavy (non-hydrogen) atoms. The fourth-order valence-electron chi connectivity index (χ4n) is 2.76. The molecule has 1 aromatic carbocycles. The number of aromatic nitrogens is 1. The van der Waals surface area contributed by atoms with Crippen LogP contribution in [0.15, 0.2) is 35.8 Å². The van der Waals surface area contributed by atoms with Crippen LogP contribution in [0.1, 0.15) is 29.7 Å². The number of aliphatic imine (C=N–C) groups is 1. The van der Waals surface area contributed by atoms with Gasteiger partial charge in [-0.05, 0) is 43.9 Å². The second kappa shape index (κ2) is 4.45. The van der Waals surface area contributed by atoms with Gasteiger partial charge in [-0.3, -0.25) is 4.99 Å². The molecule has 0 amide bonds. The van der Waals surface area contributed by atoms with Crippen LogP contribution >= 0.6 is 0 Å². The number of rotatable bonds is 2. The van der Waals surface area contributed by atoms with E-state index in [0.717, 1.165) is 12.8 Å². The molecule has 1 aliphatic rings. The predicted octanol–water partition coefficient (Wildman–Crippen LogP) is 3.79. The summed E-state index contributed by atoms with van der Waals surface area (Å²) >= 11 is 0. The summed E-state index contributed by atoms with van der Waals surface area (Å²) in [6, 6.07) is 6.61. The highest BCUT2D eigenvalue weighted by Gasteiger charge is 2.20. The average Bonchev–Trinajstić information content (AvgIpc) is 2.75. The van der Waals surface area contributed by atoms with Crippen molar-refractivity contribution in [1.82, 2.24) is 4.98 Å². The zero-order chi connectivity index (χ0) is 12.5. The van der Waals surface area contributed by atoms with E-state index in [1.807, 2.05) is 6.08 Å². The zero-order valence-corrected chi connectivity index (χ0v) is 10.8. The lowest BCUT2D eigenvalue weighted by atomic mass is 9.93. The van der Waals surface area contributed by atoms with Crippen molar-refractivity contribution in [2.75, 3.05) is 6.54 Å². The molecule has 0 aliphatic heterocycles. The first-order valence-electron chi connectivity index (χ1n) is 6.55. The fourth-order valence-corrected chi connectivity index (χ4v) is 2.76. The van der Waals surface area contributed by atoms with Gasteiger partial charge in [0.25, 0.3) is 0 Å². The van der Waals surface area contributed by atoms with Crippen LogP contribution in [-0.4, -0.2) is 17.2 Å². The van der Waals surface area contributed by atoms with E-state index in [9.17, 15) is 0 Å². The van der Waals surface area contributed by atoms with Gasteiger partial charge in [0.15, 0.2) is 0 Å². The summed E-state index contributed by atoms with van der Waals surface area (Å²) in [5, 5.41) is 1.37. The molecule has 0 fully saturated rings. The molecule has 1 aromatic heterocycles. The third-order valence-electron chi connectivity index (χ3n) is 3.60. The quantitative estimate of drug-likeness (QED) is 0.771. The van der Waals surface area contributed by atoms with Crippen LogP contribution in [0.4, 0.5) is 0 Å². The molecule has 0 saturated carbocycles. The number of aromatic amines is 1. The number of fused-ring (bicyclic) bond motifs is 3. The van der Waals surface area contributed by atoms with Crippen molar-refractivity contribution in [1.29, 1.82) is 0 Å². The van der Waals surface area contributed by atoms with E-state index in [-0.39, 0.29) is 0 Å². The highest BCUT2D eigenvalue weighted by atomic mass is 14.8. The Morgan fingerprint density at radius 3 is 3.11 bits per heavy atom. The van der Waals surface area contributed by atoms with Crippen molar-refractivity contribution in [3.05, 3.63) is 47.7 Å². The van der Waals surface area contributed by atoms with Gasteiger partial charge in [-0.15, -0.1) is 6.58 Å². The van der Waals surface area contributed by atoms with Crippen molar-refractivity contribution in [3.63, 3.8) is 0 Å². The second-order valence-corrected chi connectivity index (χ2v) is 4.96. The van der Waals surface area contributed by atoms with Crippen LogP contribution in [0, 0.1) is 6.92 Å². The maximum Gasteiger partial charge on any atom is 0.0638 e. The number of aryl methyl sites for hydroxylation is 2. The molecular formula is C16H18N2. The summed E-state index contributed by atoms with van der Waals surface area (Å²) in [7, 11) is 0. The van der Waals surface area contributed by atoms with Gasteiger partial charge in [-0.2, -0.15) is 0 Å². The molecule has 3 rings (SSSR count). The normalized spacial score (nSPS) is 17.1. The molecule has 1 aliphatic carbocycles. The van der Waals surface area contributed by atoms with E-state index in [2.05, 4.69) is 41.7 Å². The molecule has 0 unspecified atom stereocenters. The lowest BCUT2D eigenvalue weighted by Gasteiger charge is -2.14. The second-order valence-electron chi connectivity index (χ2n) is 4.96. The summed E-state index contributed by atoms with van der Waals surface area (Å²) in [5.74, 6) is 0. The minimum atomic E-state index is 0.711. The van der Waals surface area contributed by atoms with Gasteiger partial charge < -0.3 is 4.98 Å². The van der Waals surface area contributed by atoms with Gasteiger partial charge in [-0.1, -0.05) is 17.7 Å². The topological polar surface area (TPSA) is 28.1 Å². The van der Waals surface area contributed by atoms with E-state index < -0.39 is 0 Å². The third-order valence-corrected chi connectivity index (χ3v) is 3.60. The van der Waals surface area contributed by atoms with E-state index in [4.69, 9.17) is 0 Å². The Morgan fingerprint density at radius 1 is 1.39 bits per heavy atom. The number of benzene rings is 1. The smallest absolute Gasteiger partial charge is 0.0638 e. The highest BCUT2D eigenvalue weighted by molar-refractivity contribution is 6.06. The highest BCUT2D eigenvalue weighted by Crippen LogP contribution is 2.30. The van der Waals surface area contributed by atoms with Crippen LogP contribution < -0.4 is 0 Å². The minimum Gasteiger partial charge on any atom is -0.353 e. The summed E-state index contributed by atoms with van der Waals surface area (Å²) < 4.78 is 0. The Hall–Kier alpha value is -1.83. The van der Waals surface area contributed by atoms with Crippen molar-refractivity contribution in [3.8, 4) is 0 Å². The molecule has 0 saturated heterocycles. The molecule has 1 N–H and O–H groups in total. The number of hydrogen-bond acceptors (Lipinski definition) is 1. The van der Waals surface area contributed by atoms with Gasteiger partial charge in [0.05, 0.1) is 18.0 Å². The van der Waals surface area contributed by atoms with Crippen LogP contribution in [-0.2, 0) is 6.42 Å². The van der Waals surface area contributed by atoms with Crippen molar-refractivity contribution < 1.29 is 0 Å². The number of nitrogens with zero attached hydrogens (tertiary/aromatic N) is 1. The van der Waals surface area contributed by atoms with Crippen LogP contribution in [0.2, 0.25) is 0 Å². The largest absolute Gasteiger partial charge is 0.353 e. The molecule has 0 spiro atoms. The summed E-state index contributed by atoms with van der Waals surface area (Å²) in [5.41, 5.74) is 6.47. The predicted molar refractivity (Wildman–Crippen MR) is 77.6 cm³/mol. The Labute approximate surface area is 107 Å². The van der Waals surface area contributed by atoms with Crippen LogP contribution in [0.3, 0.4) is 0 Å². The molecule has 0 bridgehead atoms. The Balaban J connectivity index is 2.18. The molecule has 0 radical (unpaired) electrons. The summed E-state index contributed by atoms with van der Waals surface area (Å²) in [6.45, 7) is 6.60. The van der Waals surface area contributed by atoms with Gasteiger partial charge in [0.2, 0.25) is 0 Å². The number of H-pyrrole nitrogens is 1. The average molecular weight is 238 g/mol. The fraction of sp³-hybridized carbons (Fsp3) is 0.312. The Kier molecular flexibility index (Phi) is 2.78. The molecular weight excluding hydrogens is 220 g/mol. The zero-order valence-electron chi connectivity index (χ0n) is 10.8. The van der Waals surface area contributed by atoms with Crippen LogP contribution in [0.25, 0.3) is 10.9 Å². The van der Waals surface area contributed by atoms with Gasteiger partial charge in [0.1, 0.15) is 0 Å². The first kappa shape index (κ1) is 11.3. The van der Waals surface area contributed by atoms with Crippen molar-refractivity contribution in [2.24, 2.45) is 4.99 Å². The Bertz CT molecular complexity index is 632. The molecule has 1 heterocycles. The van der Waals surface area contributed by atoms with E-state index in [1.54, 1.807) is 0 Å². The summed E-state index contributed by atoms with van der Waals surface area (Å²) in [4.78, 5) is 8.17. The lowest BCUT2D eigenvalue weighted by Crippen LogP contribution is -2.11. The standard InChI is InChI=1S/C16H18N2/c1-3-9-17-15-6-4-5-12-13-10-11(2)7-8-14(13)18-16(12)15/h3,7-8,10,18H,1,4-6,9H2,2H3. The molecule has 92 valence electrons. The molecule has 2 heteroatoms. The summed E-state index contributed by atoms with van der Waals surface area (Å²) in [6.07, 6.45) is 5.29. The lowest BCUT2D eigenvalue weighted by molar-refractivity contribution is 0.837. The van der Waals surface area contributed by atoms with E-state index >= 15 is 0 Å². The molecule has 2 nitrogen and oxygen atoms in total. The number of nitrogens with one attached hydrogen (secondary N) is 1. The first-order valence-corrected chi connectivity index (χ1v) is 6.55. The van der Waals surface area contributed by atoms with Crippen molar-refractivity contribution in [2.45, 2.75) is 26.2 Å². The maximum absolute atomic E-state index is 4.63. The van der Waals surface area contributed by atoms with E-state index in [1.165, 1.54) is 39.9 Å². The van der Waals surface area contributed by atoms with Gasteiger partial charge >= 0.3 is 0 Å². The molecule has 2 aromatic rings. The van der Waals surface area contributed by atoms with E-state index in [0.29, 0.717) is 6.54 Å². The van der Waals surface area contributed by atoms with Crippen molar-refractivity contribution >= 4 is 16.6 Å². The van der Waals surface area contributed by atoms with Gasteiger partial charge in [-0.25, -0.2) is 0 Å². The van der Waals surface area contributed by atoms with Crippen LogP contribution in [0.5, 0.6) is 0 Å². The molecule has 0 atom stereocenters. The maximum atomic E-state index is 4.63. The third kappa shape index (κ3) is 1.78. The first-order chi connectivity index (χ1) is 8.79. The Morgan fingerprint density at radius 2 is 2.28 bits per heavy atom. The minimum absolute atomic E-state index is 0.711. The van der Waals surface area contributed by atoms with Gasteiger partial charge in [0, 0.05) is 10.9 Å². The number of hydrogen-bond donors (Lipinski definition) is 1. The monoisotopic (exact) mass is 238 g/mol. The SMILES string of the molecule is C=CCN=C1CCCc2c1[nH]c1ccc(C)cc21.